The maximum atomic E-state index is 6.11. The van der Waals surface area contributed by atoms with Crippen molar-refractivity contribution >= 4 is 16.5 Å². The van der Waals surface area contributed by atoms with Gasteiger partial charge in [-0.05, 0) is 40.6 Å². The summed E-state index contributed by atoms with van der Waals surface area (Å²) in [7, 11) is 0. The van der Waals surface area contributed by atoms with Crippen molar-refractivity contribution < 1.29 is 4.74 Å². The number of fused-ring (bicyclic) bond motifs is 1. The van der Waals surface area contributed by atoms with E-state index in [1.165, 1.54) is 5.56 Å². The molecule has 0 bridgehead atoms. The van der Waals surface area contributed by atoms with E-state index >= 15 is 0 Å². The van der Waals surface area contributed by atoms with E-state index in [1.54, 1.807) is 0 Å². The van der Waals surface area contributed by atoms with E-state index in [9.17, 15) is 0 Å². The van der Waals surface area contributed by atoms with Gasteiger partial charge in [0.2, 0.25) is 0 Å². The highest BCUT2D eigenvalue weighted by molar-refractivity contribution is 5.97. The van der Waals surface area contributed by atoms with Gasteiger partial charge < -0.3 is 10.5 Å². The standard InChI is InChI=1S/C20H21NO/c1-20(2,3)15-10-12-16(13-11-15)22-18-9-5-7-14-6-4-8-17(21)19(14)18/h4-13H,21H2,1-3H3. The molecule has 0 unspecified atom stereocenters. The van der Waals surface area contributed by atoms with Crippen LogP contribution in [0.2, 0.25) is 0 Å². The summed E-state index contributed by atoms with van der Waals surface area (Å²) in [4.78, 5) is 0. The average molecular weight is 291 g/mol. The first-order chi connectivity index (χ1) is 10.4. The van der Waals surface area contributed by atoms with Gasteiger partial charge in [-0.2, -0.15) is 0 Å². The third-order valence-electron chi connectivity index (χ3n) is 3.85. The molecule has 0 spiro atoms. The second-order valence-electron chi connectivity index (χ2n) is 6.58. The maximum absolute atomic E-state index is 6.11. The summed E-state index contributed by atoms with van der Waals surface area (Å²) in [5.41, 5.74) is 8.28. The Morgan fingerprint density at radius 3 is 2.09 bits per heavy atom. The Morgan fingerprint density at radius 1 is 0.818 bits per heavy atom. The normalized spacial score (nSPS) is 11.6. The lowest BCUT2D eigenvalue weighted by Crippen LogP contribution is -2.10. The minimum absolute atomic E-state index is 0.141. The average Bonchev–Trinajstić information content (AvgIpc) is 2.47. The highest BCUT2D eigenvalue weighted by Crippen LogP contribution is 2.34. The lowest BCUT2D eigenvalue weighted by Gasteiger charge is -2.19. The zero-order valence-electron chi connectivity index (χ0n) is 13.3. The van der Waals surface area contributed by atoms with Crippen LogP contribution in [0, 0.1) is 0 Å². The fraction of sp³-hybridized carbons (Fsp3) is 0.200. The Balaban J connectivity index is 1.97. The molecule has 2 heteroatoms. The molecule has 0 saturated carbocycles. The van der Waals surface area contributed by atoms with Gasteiger partial charge in [-0.1, -0.05) is 57.2 Å². The van der Waals surface area contributed by atoms with E-state index in [1.807, 2.05) is 48.5 Å². The Kier molecular flexibility index (Phi) is 3.53. The summed E-state index contributed by atoms with van der Waals surface area (Å²) < 4.78 is 6.06. The molecule has 0 saturated heterocycles. The smallest absolute Gasteiger partial charge is 0.137 e. The van der Waals surface area contributed by atoms with Crippen LogP contribution in [0.25, 0.3) is 10.8 Å². The van der Waals surface area contributed by atoms with Crippen LogP contribution < -0.4 is 10.5 Å². The van der Waals surface area contributed by atoms with E-state index in [0.717, 1.165) is 28.0 Å². The molecule has 112 valence electrons. The topological polar surface area (TPSA) is 35.2 Å². The van der Waals surface area contributed by atoms with Gasteiger partial charge >= 0.3 is 0 Å². The molecule has 0 aliphatic rings. The van der Waals surface area contributed by atoms with Crippen molar-refractivity contribution in [1.29, 1.82) is 0 Å². The lowest BCUT2D eigenvalue weighted by molar-refractivity contribution is 0.487. The number of benzene rings is 3. The van der Waals surface area contributed by atoms with Crippen molar-refractivity contribution in [1.82, 2.24) is 0 Å². The molecule has 0 heterocycles. The zero-order chi connectivity index (χ0) is 15.7. The van der Waals surface area contributed by atoms with Crippen molar-refractivity contribution in [3.05, 3.63) is 66.2 Å². The molecule has 2 N–H and O–H groups in total. The Hall–Kier alpha value is -2.48. The highest BCUT2D eigenvalue weighted by atomic mass is 16.5. The predicted molar refractivity (Wildman–Crippen MR) is 93.6 cm³/mol. The number of hydrogen-bond acceptors (Lipinski definition) is 2. The van der Waals surface area contributed by atoms with Crippen molar-refractivity contribution in [3.8, 4) is 11.5 Å². The molecule has 0 atom stereocenters. The van der Waals surface area contributed by atoms with Crippen LogP contribution >= 0.6 is 0 Å². The SMILES string of the molecule is CC(C)(C)c1ccc(Oc2cccc3cccc(N)c23)cc1. The first kappa shape index (κ1) is 14.5. The first-order valence-electron chi connectivity index (χ1n) is 7.51. The third kappa shape index (κ3) is 2.77. The molecule has 22 heavy (non-hydrogen) atoms. The van der Waals surface area contributed by atoms with Crippen LogP contribution in [0.4, 0.5) is 5.69 Å². The van der Waals surface area contributed by atoms with Crippen LogP contribution in [0.1, 0.15) is 26.3 Å². The molecular formula is C20H21NO. The van der Waals surface area contributed by atoms with E-state index in [4.69, 9.17) is 10.5 Å². The molecule has 0 amide bonds. The fourth-order valence-electron chi connectivity index (χ4n) is 2.57. The second kappa shape index (κ2) is 5.38. The summed E-state index contributed by atoms with van der Waals surface area (Å²) in [5.74, 6) is 1.61. The van der Waals surface area contributed by atoms with Gasteiger partial charge in [-0.3, -0.25) is 0 Å². The summed E-state index contributed by atoms with van der Waals surface area (Å²) in [5, 5.41) is 2.05. The van der Waals surface area contributed by atoms with Gasteiger partial charge in [-0.15, -0.1) is 0 Å². The molecule has 2 nitrogen and oxygen atoms in total. The second-order valence-corrected chi connectivity index (χ2v) is 6.58. The number of nitrogens with two attached hydrogens (primary N) is 1. The van der Waals surface area contributed by atoms with Gasteiger partial charge in [0.25, 0.3) is 0 Å². The summed E-state index contributed by atoms with van der Waals surface area (Å²) in [6, 6.07) is 20.1. The lowest BCUT2D eigenvalue weighted by atomic mass is 9.87. The minimum Gasteiger partial charge on any atom is -0.457 e. The predicted octanol–water partition coefficient (Wildman–Crippen LogP) is 5.51. The van der Waals surface area contributed by atoms with Crippen molar-refractivity contribution in [2.45, 2.75) is 26.2 Å². The van der Waals surface area contributed by atoms with E-state index in [0.29, 0.717) is 0 Å². The fourth-order valence-corrected chi connectivity index (χ4v) is 2.57. The van der Waals surface area contributed by atoms with Crippen LogP contribution in [0.5, 0.6) is 11.5 Å². The van der Waals surface area contributed by atoms with Gasteiger partial charge in [0, 0.05) is 11.1 Å². The number of rotatable bonds is 2. The van der Waals surface area contributed by atoms with Gasteiger partial charge in [0.1, 0.15) is 11.5 Å². The molecule has 3 aromatic carbocycles. The number of hydrogen-bond donors (Lipinski definition) is 1. The zero-order valence-corrected chi connectivity index (χ0v) is 13.3. The third-order valence-corrected chi connectivity index (χ3v) is 3.85. The summed E-state index contributed by atoms with van der Waals surface area (Å²) in [6.07, 6.45) is 0. The van der Waals surface area contributed by atoms with E-state index in [2.05, 4.69) is 32.9 Å². The van der Waals surface area contributed by atoms with Crippen molar-refractivity contribution in [3.63, 3.8) is 0 Å². The van der Waals surface area contributed by atoms with Crippen LogP contribution in [-0.4, -0.2) is 0 Å². The molecule has 0 aliphatic heterocycles. The molecule has 0 aromatic heterocycles. The number of nitrogen functional groups attached to an aromatic ring is 1. The van der Waals surface area contributed by atoms with Gasteiger partial charge in [0.05, 0.1) is 0 Å². The molecule has 3 aromatic rings. The monoisotopic (exact) mass is 291 g/mol. The summed E-state index contributed by atoms with van der Waals surface area (Å²) >= 11 is 0. The molecule has 0 fully saturated rings. The maximum Gasteiger partial charge on any atom is 0.137 e. The van der Waals surface area contributed by atoms with Crippen LogP contribution in [-0.2, 0) is 5.41 Å². The van der Waals surface area contributed by atoms with Crippen LogP contribution in [0.15, 0.2) is 60.7 Å². The van der Waals surface area contributed by atoms with Gasteiger partial charge in [-0.25, -0.2) is 0 Å². The minimum atomic E-state index is 0.141. The van der Waals surface area contributed by atoms with Crippen LogP contribution in [0.3, 0.4) is 0 Å². The van der Waals surface area contributed by atoms with Gasteiger partial charge in [0.15, 0.2) is 0 Å². The Bertz CT molecular complexity index is 793. The van der Waals surface area contributed by atoms with E-state index < -0.39 is 0 Å². The quantitative estimate of drug-likeness (QED) is 0.632. The molecule has 0 aliphatic carbocycles. The summed E-state index contributed by atoms with van der Waals surface area (Å²) in [6.45, 7) is 6.61. The largest absolute Gasteiger partial charge is 0.457 e. The van der Waals surface area contributed by atoms with Crippen molar-refractivity contribution in [2.75, 3.05) is 5.73 Å². The number of ether oxygens (including phenoxy) is 1. The first-order valence-corrected chi connectivity index (χ1v) is 7.51. The Morgan fingerprint density at radius 2 is 1.45 bits per heavy atom. The Labute approximate surface area is 131 Å². The highest BCUT2D eigenvalue weighted by Gasteiger charge is 2.13. The molecule has 3 rings (SSSR count). The van der Waals surface area contributed by atoms with E-state index in [-0.39, 0.29) is 5.41 Å². The number of anilines is 1. The molecular weight excluding hydrogens is 270 g/mol. The van der Waals surface area contributed by atoms with Crippen molar-refractivity contribution in [2.24, 2.45) is 0 Å². The molecule has 0 radical (unpaired) electrons.